The quantitative estimate of drug-likeness (QED) is 0.572. The summed E-state index contributed by atoms with van der Waals surface area (Å²) in [5, 5.41) is 13.2. The minimum absolute atomic E-state index is 0.0667. The minimum Gasteiger partial charge on any atom is -0.477 e. The first kappa shape index (κ1) is 17.1. The van der Waals surface area contributed by atoms with E-state index in [1.165, 1.54) is 18.2 Å². The van der Waals surface area contributed by atoms with Gasteiger partial charge in [0.15, 0.2) is 0 Å². The van der Waals surface area contributed by atoms with Gasteiger partial charge in [-0.25, -0.2) is 4.79 Å². The number of aromatic amines is 1. The van der Waals surface area contributed by atoms with Crippen LogP contribution in [0.15, 0.2) is 48.5 Å². The van der Waals surface area contributed by atoms with Crippen molar-refractivity contribution in [3.05, 3.63) is 69.8 Å². The fourth-order valence-electron chi connectivity index (χ4n) is 2.47. The zero-order valence-corrected chi connectivity index (χ0v) is 14.2. The molecule has 25 heavy (non-hydrogen) atoms. The highest BCUT2D eigenvalue weighted by atomic mass is 35.5. The molecule has 1 amide bonds. The average Bonchev–Trinajstić information content (AvgIpc) is 2.93. The number of H-pyrrole nitrogens is 1. The molecule has 0 aliphatic heterocycles. The summed E-state index contributed by atoms with van der Waals surface area (Å²) in [6, 6.07) is 12.0. The summed E-state index contributed by atoms with van der Waals surface area (Å²) in [6.07, 6.45) is 2.67. The van der Waals surface area contributed by atoms with Crippen molar-refractivity contribution in [1.29, 1.82) is 0 Å². The molecule has 1 aromatic heterocycles. The van der Waals surface area contributed by atoms with Crippen LogP contribution in [-0.2, 0) is 4.79 Å². The summed E-state index contributed by atoms with van der Waals surface area (Å²) < 4.78 is 0. The predicted octanol–water partition coefficient (Wildman–Crippen LogP) is 4.82. The lowest BCUT2D eigenvalue weighted by Crippen LogP contribution is -2.07. The van der Waals surface area contributed by atoms with Crippen LogP contribution in [0.5, 0.6) is 0 Å². The number of fused-ring (bicyclic) bond motifs is 1. The van der Waals surface area contributed by atoms with Crippen LogP contribution in [0.1, 0.15) is 16.1 Å². The number of rotatable bonds is 4. The number of halogens is 2. The molecule has 0 saturated heterocycles. The molecule has 0 radical (unpaired) electrons. The van der Waals surface area contributed by atoms with Gasteiger partial charge in [-0.2, -0.15) is 0 Å². The van der Waals surface area contributed by atoms with E-state index in [9.17, 15) is 14.7 Å². The molecular formula is C18H12Cl2N2O3. The van der Waals surface area contributed by atoms with Gasteiger partial charge in [-0.15, -0.1) is 0 Å². The maximum absolute atomic E-state index is 12.1. The molecule has 0 aliphatic carbocycles. The molecule has 5 nitrogen and oxygen atoms in total. The van der Waals surface area contributed by atoms with Crippen molar-refractivity contribution in [1.82, 2.24) is 4.98 Å². The van der Waals surface area contributed by atoms with Gasteiger partial charge in [0.2, 0.25) is 5.91 Å². The van der Waals surface area contributed by atoms with Crippen molar-refractivity contribution >= 4 is 57.7 Å². The summed E-state index contributed by atoms with van der Waals surface area (Å²) in [7, 11) is 0. The number of carbonyl (C=O) groups is 2. The molecule has 1 heterocycles. The number of aromatic carboxylic acids is 1. The van der Waals surface area contributed by atoms with E-state index in [0.717, 1.165) is 0 Å². The molecule has 0 unspecified atom stereocenters. The second-order valence-corrected chi connectivity index (χ2v) is 6.06. The third-order valence-electron chi connectivity index (χ3n) is 3.51. The van der Waals surface area contributed by atoms with Crippen LogP contribution in [0.3, 0.4) is 0 Å². The molecule has 2 aromatic carbocycles. The van der Waals surface area contributed by atoms with E-state index in [4.69, 9.17) is 23.2 Å². The van der Waals surface area contributed by atoms with Gasteiger partial charge >= 0.3 is 5.97 Å². The minimum atomic E-state index is -1.16. The SMILES string of the molecule is O=C(C=Cc1c(C(=O)O)[nH]c2cc(Cl)cc(Cl)c12)Nc1ccccc1. The maximum atomic E-state index is 12.1. The maximum Gasteiger partial charge on any atom is 0.352 e. The third kappa shape index (κ3) is 3.68. The van der Waals surface area contributed by atoms with E-state index in [-0.39, 0.29) is 11.6 Å². The number of anilines is 1. The Hall–Kier alpha value is -2.76. The van der Waals surface area contributed by atoms with Crippen LogP contribution < -0.4 is 5.32 Å². The second kappa shape index (κ2) is 7.01. The van der Waals surface area contributed by atoms with Crippen LogP contribution in [0.4, 0.5) is 5.69 Å². The first-order chi connectivity index (χ1) is 12.0. The number of aromatic nitrogens is 1. The van der Waals surface area contributed by atoms with Gasteiger partial charge in [0.25, 0.3) is 0 Å². The Morgan fingerprint density at radius 2 is 1.84 bits per heavy atom. The highest BCUT2D eigenvalue weighted by Gasteiger charge is 2.18. The number of carboxylic acid groups (broad SMARTS) is 1. The largest absolute Gasteiger partial charge is 0.477 e. The smallest absolute Gasteiger partial charge is 0.352 e. The van der Waals surface area contributed by atoms with Crippen LogP contribution >= 0.6 is 23.2 Å². The Morgan fingerprint density at radius 1 is 1.12 bits per heavy atom. The fraction of sp³-hybridized carbons (Fsp3) is 0. The lowest BCUT2D eigenvalue weighted by atomic mass is 10.1. The van der Waals surface area contributed by atoms with E-state index >= 15 is 0 Å². The van der Waals surface area contributed by atoms with E-state index in [1.807, 2.05) is 6.07 Å². The average molecular weight is 375 g/mol. The van der Waals surface area contributed by atoms with E-state index < -0.39 is 5.97 Å². The first-order valence-corrected chi connectivity index (χ1v) is 7.99. The van der Waals surface area contributed by atoms with Gasteiger partial charge in [-0.1, -0.05) is 41.4 Å². The third-order valence-corrected chi connectivity index (χ3v) is 4.03. The Morgan fingerprint density at radius 3 is 2.52 bits per heavy atom. The van der Waals surface area contributed by atoms with Gasteiger partial charge in [0, 0.05) is 33.3 Å². The highest BCUT2D eigenvalue weighted by Crippen LogP contribution is 2.33. The standard InChI is InChI=1S/C18H12Cl2N2O3/c19-10-8-13(20)16-12(17(18(24)25)22-14(16)9-10)6-7-15(23)21-11-4-2-1-3-5-11/h1-9,22H,(H,21,23)(H,24,25). The van der Waals surface area contributed by atoms with Crippen molar-refractivity contribution in [3.8, 4) is 0 Å². The Bertz CT molecular complexity index is 994. The van der Waals surface area contributed by atoms with Crippen LogP contribution in [0.2, 0.25) is 10.0 Å². The van der Waals surface area contributed by atoms with E-state index in [1.54, 1.807) is 30.3 Å². The second-order valence-electron chi connectivity index (χ2n) is 5.22. The summed E-state index contributed by atoms with van der Waals surface area (Å²) in [6.45, 7) is 0. The van der Waals surface area contributed by atoms with Crippen molar-refractivity contribution < 1.29 is 14.7 Å². The van der Waals surface area contributed by atoms with Gasteiger partial charge < -0.3 is 15.4 Å². The number of carbonyl (C=O) groups excluding carboxylic acids is 1. The van der Waals surface area contributed by atoms with Gasteiger partial charge in [-0.05, 0) is 30.3 Å². The number of nitrogens with one attached hydrogen (secondary N) is 2. The molecule has 7 heteroatoms. The van der Waals surface area contributed by atoms with Crippen LogP contribution in [-0.4, -0.2) is 22.0 Å². The lowest BCUT2D eigenvalue weighted by molar-refractivity contribution is -0.111. The topological polar surface area (TPSA) is 82.2 Å². The molecule has 0 aliphatic rings. The Labute approximate surface area is 152 Å². The summed E-state index contributed by atoms with van der Waals surface area (Å²) in [4.78, 5) is 26.3. The highest BCUT2D eigenvalue weighted by molar-refractivity contribution is 6.39. The number of hydrogen-bond acceptors (Lipinski definition) is 2. The number of carboxylic acids is 1. The van der Waals surface area contributed by atoms with Gasteiger partial charge in [0.05, 0.1) is 5.02 Å². The summed E-state index contributed by atoms with van der Waals surface area (Å²) in [5.41, 5.74) is 1.37. The molecule has 3 rings (SSSR count). The van der Waals surface area contributed by atoms with Gasteiger partial charge in [0.1, 0.15) is 5.69 Å². The van der Waals surface area contributed by atoms with Crippen LogP contribution in [0, 0.1) is 0 Å². The number of benzene rings is 2. The number of hydrogen-bond donors (Lipinski definition) is 3. The van der Waals surface area contributed by atoms with Crippen molar-refractivity contribution in [2.45, 2.75) is 0 Å². The van der Waals surface area contributed by atoms with Crippen LogP contribution in [0.25, 0.3) is 17.0 Å². The summed E-state index contributed by atoms with van der Waals surface area (Å²) >= 11 is 12.1. The first-order valence-electron chi connectivity index (χ1n) is 7.24. The molecule has 3 N–H and O–H groups in total. The fourth-order valence-corrected chi connectivity index (χ4v) is 3.07. The molecule has 0 spiro atoms. The van der Waals surface area contributed by atoms with Crippen molar-refractivity contribution in [2.75, 3.05) is 5.32 Å². The molecule has 0 atom stereocenters. The summed E-state index contributed by atoms with van der Waals surface area (Å²) in [5.74, 6) is -1.55. The number of para-hydroxylation sites is 1. The monoisotopic (exact) mass is 374 g/mol. The zero-order valence-electron chi connectivity index (χ0n) is 12.7. The molecule has 0 bridgehead atoms. The predicted molar refractivity (Wildman–Crippen MR) is 99.4 cm³/mol. The molecule has 0 fully saturated rings. The lowest BCUT2D eigenvalue weighted by Gasteiger charge is -2.01. The Balaban J connectivity index is 1.98. The molecule has 3 aromatic rings. The molecule has 126 valence electrons. The van der Waals surface area contributed by atoms with E-state index in [2.05, 4.69) is 10.3 Å². The van der Waals surface area contributed by atoms with E-state index in [0.29, 0.717) is 32.2 Å². The molecular weight excluding hydrogens is 363 g/mol. The van der Waals surface area contributed by atoms with Crippen molar-refractivity contribution in [3.63, 3.8) is 0 Å². The Kier molecular flexibility index (Phi) is 4.79. The number of amides is 1. The molecule has 0 saturated carbocycles. The van der Waals surface area contributed by atoms with Crippen molar-refractivity contribution in [2.24, 2.45) is 0 Å². The van der Waals surface area contributed by atoms with Gasteiger partial charge in [-0.3, -0.25) is 4.79 Å². The zero-order chi connectivity index (χ0) is 18.0. The normalized spacial score (nSPS) is 11.1.